The molecule has 0 radical (unpaired) electrons. The summed E-state index contributed by atoms with van der Waals surface area (Å²) in [6, 6.07) is 0. The highest BCUT2D eigenvalue weighted by molar-refractivity contribution is 5.70. The molecular weight excluding hydrogens is 152 g/mol. The highest BCUT2D eigenvalue weighted by Crippen LogP contribution is 2.52. The van der Waals surface area contributed by atoms with E-state index >= 15 is 0 Å². The molecule has 0 aromatic heterocycles. The van der Waals surface area contributed by atoms with E-state index in [1.807, 2.05) is 0 Å². The Kier molecular flexibility index (Phi) is 1.85. The van der Waals surface area contributed by atoms with Crippen LogP contribution in [0.15, 0.2) is 0 Å². The van der Waals surface area contributed by atoms with Crippen LogP contribution in [0.3, 0.4) is 0 Å². The molecule has 2 nitrogen and oxygen atoms in total. The van der Waals surface area contributed by atoms with Gasteiger partial charge in [0.1, 0.15) is 0 Å². The first-order valence-electron chi connectivity index (χ1n) is 4.95. The second kappa shape index (κ2) is 2.75. The number of hydrogen-bond acceptors (Lipinski definition) is 1. The predicted octanol–water partition coefficient (Wildman–Crippen LogP) is 2.43. The van der Waals surface area contributed by atoms with Gasteiger partial charge in [0, 0.05) is 0 Å². The average Bonchev–Trinajstić information content (AvgIpc) is 2.62. The van der Waals surface area contributed by atoms with Gasteiger partial charge >= 0.3 is 5.97 Å². The van der Waals surface area contributed by atoms with Gasteiger partial charge in [0.25, 0.3) is 0 Å². The SMILES string of the molecule is O=C(O)[C@H]1CCC2(CCCC2)C1. The molecule has 0 aromatic carbocycles. The van der Waals surface area contributed by atoms with E-state index in [1.165, 1.54) is 32.1 Å². The number of carboxylic acids is 1. The summed E-state index contributed by atoms with van der Waals surface area (Å²) in [6.07, 6.45) is 8.29. The number of carboxylic acid groups (broad SMARTS) is 1. The van der Waals surface area contributed by atoms with Gasteiger partial charge < -0.3 is 5.11 Å². The fourth-order valence-corrected chi connectivity index (χ4v) is 3.00. The van der Waals surface area contributed by atoms with Crippen LogP contribution in [0.2, 0.25) is 0 Å². The van der Waals surface area contributed by atoms with Crippen LogP contribution in [-0.4, -0.2) is 11.1 Å². The van der Waals surface area contributed by atoms with Crippen molar-refractivity contribution in [2.24, 2.45) is 11.3 Å². The zero-order valence-corrected chi connectivity index (χ0v) is 7.38. The summed E-state index contributed by atoms with van der Waals surface area (Å²) in [4.78, 5) is 10.7. The molecule has 2 fully saturated rings. The summed E-state index contributed by atoms with van der Waals surface area (Å²) in [7, 11) is 0. The smallest absolute Gasteiger partial charge is 0.306 e. The molecule has 2 rings (SSSR count). The minimum atomic E-state index is -0.571. The Morgan fingerprint density at radius 1 is 1.25 bits per heavy atom. The second-order valence-corrected chi connectivity index (χ2v) is 4.49. The summed E-state index contributed by atoms with van der Waals surface area (Å²) in [6.45, 7) is 0. The predicted molar refractivity (Wildman–Crippen MR) is 45.9 cm³/mol. The van der Waals surface area contributed by atoms with E-state index in [9.17, 15) is 4.79 Å². The van der Waals surface area contributed by atoms with Gasteiger partial charge in [0.05, 0.1) is 5.92 Å². The topological polar surface area (TPSA) is 37.3 Å². The van der Waals surface area contributed by atoms with Crippen LogP contribution in [0.1, 0.15) is 44.9 Å². The average molecular weight is 168 g/mol. The molecule has 1 N–H and O–H groups in total. The molecule has 1 spiro atoms. The number of hydrogen-bond donors (Lipinski definition) is 1. The van der Waals surface area contributed by atoms with Gasteiger partial charge in [-0.2, -0.15) is 0 Å². The maximum atomic E-state index is 10.7. The summed E-state index contributed by atoms with van der Waals surface area (Å²) in [5.41, 5.74) is 0.461. The van der Waals surface area contributed by atoms with Crippen LogP contribution in [0, 0.1) is 11.3 Å². The van der Waals surface area contributed by atoms with Crippen molar-refractivity contribution >= 4 is 5.97 Å². The van der Waals surface area contributed by atoms with E-state index in [4.69, 9.17) is 5.11 Å². The van der Waals surface area contributed by atoms with Crippen molar-refractivity contribution < 1.29 is 9.90 Å². The van der Waals surface area contributed by atoms with Gasteiger partial charge in [0.2, 0.25) is 0 Å². The summed E-state index contributed by atoms with van der Waals surface area (Å²) in [5, 5.41) is 8.86. The largest absolute Gasteiger partial charge is 0.481 e. The van der Waals surface area contributed by atoms with Crippen molar-refractivity contribution in [3.63, 3.8) is 0 Å². The molecule has 2 aliphatic carbocycles. The lowest BCUT2D eigenvalue weighted by molar-refractivity contribution is -0.141. The molecule has 68 valence electrons. The Labute approximate surface area is 73.0 Å². The third-order valence-corrected chi connectivity index (χ3v) is 3.72. The first kappa shape index (κ1) is 8.09. The van der Waals surface area contributed by atoms with Crippen molar-refractivity contribution in [1.82, 2.24) is 0 Å². The molecule has 2 aliphatic rings. The number of carbonyl (C=O) groups is 1. The number of rotatable bonds is 1. The van der Waals surface area contributed by atoms with Gasteiger partial charge in [-0.15, -0.1) is 0 Å². The van der Waals surface area contributed by atoms with E-state index in [0.29, 0.717) is 5.41 Å². The summed E-state index contributed by atoms with van der Waals surface area (Å²) < 4.78 is 0. The summed E-state index contributed by atoms with van der Waals surface area (Å²) >= 11 is 0. The lowest BCUT2D eigenvalue weighted by atomic mass is 9.84. The van der Waals surface area contributed by atoms with E-state index in [0.717, 1.165) is 12.8 Å². The molecule has 0 unspecified atom stereocenters. The minimum absolute atomic E-state index is 0.0249. The minimum Gasteiger partial charge on any atom is -0.481 e. The molecular formula is C10H16O2. The van der Waals surface area contributed by atoms with Crippen molar-refractivity contribution in [3.05, 3.63) is 0 Å². The fourth-order valence-electron chi connectivity index (χ4n) is 3.00. The molecule has 1 atom stereocenters. The maximum absolute atomic E-state index is 10.7. The third-order valence-electron chi connectivity index (χ3n) is 3.72. The van der Waals surface area contributed by atoms with Crippen LogP contribution in [0.4, 0.5) is 0 Å². The highest BCUT2D eigenvalue weighted by atomic mass is 16.4. The number of aliphatic carboxylic acids is 1. The Morgan fingerprint density at radius 2 is 1.92 bits per heavy atom. The van der Waals surface area contributed by atoms with Gasteiger partial charge in [-0.25, -0.2) is 0 Å². The van der Waals surface area contributed by atoms with E-state index < -0.39 is 5.97 Å². The fraction of sp³-hybridized carbons (Fsp3) is 0.900. The quantitative estimate of drug-likeness (QED) is 0.653. The highest BCUT2D eigenvalue weighted by Gasteiger charge is 2.43. The van der Waals surface area contributed by atoms with Crippen molar-refractivity contribution in [2.75, 3.05) is 0 Å². The van der Waals surface area contributed by atoms with E-state index in [-0.39, 0.29) is 5.92 Å². The van der Waals surface area contributed by atoms with Crippen LogP contribution in [-0.2, 0) is 4.79 Å². The van der Waals surface area contributed by atoms with Gasteiger partial charge in [0.15, 0.2) is 0 Å². The van der Waals surface area contributed by atoms with E-state index in [1.54, 1.807) is 0 Å². The zero-order chi connectivity index (χ0) is 8.60. The molecule has 0 saturated heterocycles. The van der Waals surface area contributed by atoms with Crippen molar-refractivity contribution in [2.45, 2.75) is 44.9 Å². The molecule has 0 aromatic rings. The van der Waals surface area contributed by atoms with E-state index in [2.05, 4.69) is 0 Å². The molecule has 0 aliphatic heterocycles. The van der Waals surface area contributed by atoms with Gasteiger partial charge in [-0.3, -0.25) is 4.79 Å². The van der Waals surface area contributed by atoms with Gasteiger partial charge in [-0.1, -0.05) is 12.8 Å². The molecule has 0 heterocycles. The van der Waals surface area contributed by atoms with Crippen LogP contribution in [0.25, 0.3) is 0 Å². The van der Waals surface area contributed by atoms with Crippen molar-refractivity contribution in [3.8, 4) is 0 Å². The normalized spacial score (nSPS) is 32.8. The maximum Gasteiger partial charge on any atom is 0.306 e. The first-order valence-corrected chi connectivity index (χ1v) is 4.95. The molecule has 0 bridgehead atoms. The molecule has 12 heavy (non-hydrogen) atoms. The zero-order valence-electron chi connectivity index (χ0n) is 7.38. The van der Waals surface area contributed by atoms with Crippen LogP contribution < -0.4 is 0 Å². The standard InChI is InChI=1S/C10H16O2/c11-9(12)8-3-6-10(7-8)4-1-2-5-10/h8H,1-7H2,(H,11,12)/t8-/m0/s1. The van der Waals surface area contributed by atoms with Crippen LogP contribution in [0.5, 0.6) is 0 Å². The summed E-state index contributed by atoms with van der Waals surface area (Å²) in [5.74, 6) is -0.595. The molecule has 0 amide bonds. The second-order valence-electron chi connectivity index (χ2n) is 4.49. The Bertz CT molecular complexity index is 192. The third kappa shape index (κ3) is 1.23. The van der Waals surface area contributed by atoms with Crippen molar-refractivity contribution in [1.29, 1.82) is 0 Å². The molecule has 2 saturated carbocycles. The molecule has 2 heteroatoms. The van der Waals surface area contributed by atoms with Crippen LogP contribution >= 0.6 is 0 Å². The monoisotopic (exact) mass is 168 g/mol. The lowest BCUT2D eigenvalue weighted by Gasteiger charge is -2.21. The first-order chi connectivity index (χ1) is 5.72. The van der Waals surface area contributed by atoms with Gasteiger partial charge in [-0.05, 0) is 37.5 Å². The Morgan fingerprint density at radius 3 is 2.42 bits per heavy atom. The lowest BCUT2D eigenvalue weighted by Crippen LogP contribution is -2.15. The Hall–Kier alpha value is -0.530. The Balaban J connectivity index is 2.01.